The number of hydrogen-bond acceptors (Lipinski definition) is 4. The summed E-state index contributed by atoms with van der Waals surface area (Å²) in [6, 6.07) is 13.4. The molecule has 0 aliphatic rings. The zero-order valence-corrected chi connectivity index (χ0v) is 13.0. The van der Waals surface area contributed by atoms with Gasteiger partial charge in [0.15, 0.2) is 0 Å². The van der Waals surface area contributed by atoms with Gasteiger partial charge in [0.1, 0.15) is 12.4 Å². The summed E-state index contributed by atoms with van der Waals surface area (Å²) in [5.41, 5.74) is 3.69. The molecule has 2 heterocycles. The first-order valence-electron chi connectivity index (χ1n) is 7.59. The third kappa shape index (κ3) is 4.19. The Balaban J connectivity index is 1.54. The number of rotatable bonds is 7. The van der Waals surface area contributed by atoms with E-state index in [0.717, 1.165) is 22.5 Å². The predicted molar refractivity (Wildman–Crippen MR) is 88.5 cm³/mol. The van der Waals surface area contributed by atoms with Crippen LogP contribution in [0.1, 0.15) is 17.5 Å². The van der Waals surface area contributed by atoms with Gasteiger partial charge in [-0.2, -0.15) is 5.10 Å². The van der Waals surface area contributed by atoms with Crippen LogP contribution >= 0.6 is 0 Å². The number of aromatic amines is 1. The highest BCUT2D eigenvalue weighted by molar-refractivity contribution is 5.67. The van der Waals surface area contributed by atoms with Gasteiger partial charge in [0, 0.05) is 12.6 Å². The second kappa shape index (κ2) is 7.41. The number of H-pyrrole nitrogens is 1. The molecule has 0 aliphatic carbocycles. The molecule has 0 fully saturated rings. The third-order valence-electron chi connectivity index (χ3n) is 3.57. The number of nitrogens with one attached hydrogen (secondary N) is 1. The first-order chi connectivity index (χ1) is 11.7. The van der Waals surface area contributed by atoms with E-state index in [4.69, 9.17) is 9.84 Å². The van der Waals surface area contributed by atoms with E-state index in [0.29, 0.717) is 18.8 Å². The topological polar surface area (TPSA) is 88.1 Å². The van der Waals surface area contributed by atoms with E-state index in [1.54, 1.807) is 12.4 Å². The second-order valence-electron chi connectivity index (χ2n) is 5.35. The van der Waals surface area contributed by atoms with E-state index in [2.05, 4.69) is 15.2 Å². The van der Waals surface area contributed by atoms with Gasteiger partial charge in [-0.25, -0.2) is 0 Å². The monoisotopic (exact) mass is 323 g/mol. The van der Waals surface area contributed by atoms with Gasteiger partial charge < -0.3 is 9.84 Å². The minimum atomic E-state index is -0.784. The van der Waals surface area contributed by atoms with Crippen LogP contribution in [0.3, 0.4) is 0 Å². The Morgan fingerprint density at radius 3 is 2.50 bits per heavy atom. The van der Waals surface area contributed by atoms with Crippen LogP contribution in [0.2, 0.25) is 0 Å². The highest BCUT2D eigenvalue weighted by Gasteiger charge is 2.03. The first-order valence-corrected chi connectivity index (χ1v) is 7.59. The summed E-state index contributed by atoms with van der Waals surface area (Å²) in [6.45, 7) is 0.435. The standard InChI is InChI=1S/C18H17N3O3/c22-18(23)8-5-13-1-3-14(4-2-13)12-24-15-6-7-16(19-11-15)17-9-10-20-21-17/h1-4,6-7,9-11H,5,8,12H2,(H,20,21)(H,22,23). The maximum Gasteiger partial charge on any atom is 0.303 e. The van der Waals surface area contributed by atoms with Crippen molar-refractivity contribution in [2.45, 2.75) is 19.4 Å². The molecule has 1 aromatic carbocycles. The molecule has 24 heavy (non-hydrogen) atoms. The molecule has 0 spiro atoms. The van der Waals surface area contributed by atoms with E-state index >= 15 is 0 Å². The molecule has 0 radical (unpaired) electrons. The number of nitrogens with zero attached hydrogens (tertiary/aromatic N) is 2. The molecule has 0 atom stereocenters. The highest BCUT2D eigenvalue weighted by atomic mass is 16.5. The molecule has 0 amide bonds. The van der Waals surface area contributed by atoms with Gasteiger partial charge in [-0.3, -0.25) is 14.9 Å². The number of carboxylic acid groups (broad SMARTS) is 1. The van der Waals surface area contributed by atoms with Crippen molar-refractivity contribution in [3.63, 3.8) is 0 Å². The molecular formula is C18H17N3O3. The van der Waals surface area contributed by atoms with Gasteiger partial charge in [0.05, 0.1) is 17.6 Å². The summed E-state index contributed by atoms with van der Waals surface area (Å²) in [7, 11) is 0. The van der Waals surface area contributed by atoms with Crippen LogP contribution < -0.4 is 4.74 Å². The SMILES string of the molecule is O=C(O)CCc1ccc(COc2ccc(-c3ccn[nH]3)nc2)cc1. The van der Waals surface area contributed by atoms with Crippen molar-refractivity contribution >= 4 is 5.97 Å². The molecule has 2 N–H and O–H groups in total. The molecule has 3 rings (SSSR count). The van der Waals surface area contributed by atoms with Gasteiger partial charge in [-0.15, -0.1) is 0 Å². The molecule has 0 saturated heterocycles. The van der Waals surface area contributed by atoms with Crippen LogP contribution in [0, 0.1) is 0 Å². The second-order valence-corrected chi connectivity index (χ2v) is 5.35. The van der Waals surface area contributed by atoms with Crippen molar-refractivity contribution in [3.8, 4) is 17.1 Å². The van der Waals surface area contributed by atoms with Gasteiger partial charge in [-0.1, -0.05) is 24.3 Å². The first kappa shape index (κ1) is 15.7. The number of pyridine rings is 1. The van der Waals surface area contributed by atoms with Crippen LogP contribution in [0.5, 0.6) is 5.75 Å². The molecule has 0 bridgehead atoms. The molecule has 0 aliphatic heterocycles. The van der Waals surface area contributed by atoms with Crippen molar-refractivity contribution in [1.29, 1.82) is 0 Å². The number of aromatic nitrogens is 3. The fourth-order valence-electron chi connectivity index (χ4n) is 2.24. The van der Waals surface area contributed by atoms with Gasteiger partial charge in [-0.05, 0) is 35.7 Å². The summed E-state index contributed by atoms with van der Waals surface area (Å²) >= 11 is 0. The number of carbonyl (C=O) groups is 1. The number of benzene rings is 1. The molecule has 0 saturated carbocycles. The molecule has 6 heteroatoms. The Morgan fingerprint density at radius 2 is 1.88 bits per heavy atom. The molecule has 2 aromatic heterocycles. The number of aliphatic carboxylic acids is 1. The van der Waals surface area contributed by atoms with Gasteiger partial charge in [0.2, 0.25) is 0 Å². The number of carboxylic acids is 1. The van der Waals surface area contributed by atoms with Gasteiger partial charge >= 0.3 is 5.97 Å². The van der Waals surface area contributed by atoms with E-state index in [-0.39, 0.29) is 6.42 Å². The van der Waals surface area contributed by atoms with Crippen LogP contribution in [0.15, 0.2) is 54.9 Å². The largest absolute Gasteiger partial charge is 0.487 e. The lowest BCUT2D eigenvalue weighted by Crippen LogP contribution is -1.99. The van der Waals surface area contributed by atoms with E-state index in [1.807, 2.05) is 42.5 Å². The van der Waals surface area contributed by atoms with Crippen molar-refractivity contribution < 1.29 is 14.6 Å². The Kier molecular flexibility index (Phi) is 4.86. The number of hydrogen-bond donors (Lipinski definition) is 2. The molecule has 6 nitrogen and oxygen atoms in total. The fraction of sp³-hybridized carbons (Fsp3) is 0.167. The maximum atomic E-state index is 10.6. The van der Waals surface area contributed by atoms with Crippen molar-refractivity contribution in [3.05, 3.63) is 66.0 Å². The minimum absolute atomic E-state index is 0.143. The fourth-order valence-corrected chi connectivity index (χ4v) is 2.24. The lowest BCUT2D eigenvalue weighted by Gasteiger charge is -2.07. The van der Waals surface area contributed by atoms with Crippen molar-refractivity contribution in [2.75, 3.05) is 0 Å². The summed E-state index contributed by atoms with van der Waals surface area (Å²) in [5, 5.41) is 15.4. The third-order valence-corrected chi connectivity index (χ3v) is 3.57. The van der Waals surface area contributed by atoms with Crippen molar-refractivity contribution in [1.82, 2.24) is 15.2 Å². The summed E-state index contributed by atoms with van der Waals surface area (Å²) in [6.07, 6.45) is 4.04. The van der Waals surface area contributed by atoms with E-state index < -0.39 is 5.97 Å². The van der Waals surface area contributed by atoms with Crippen molar-refractivity contribution in [2.24, 2.45) is 0 Å². The zero-order valence-electron chi connectivity index (χ0n) is 13.0. The van der Waals surface area contributed by atoms with Gasteiger partial charge in [0.25, 0.3) is 0 Å². The molecular weight excluding hydrogens is 306 g/mol. The number of ether oxygens (including phenoxy) is 1. The van der Waals surface area contributed by atoms with Crippen LogP contribution in [-0.2, 0) is 17.8 Å². The summed E-state index contributed by atoms with van der Waals surface area (Å²) in [5.74, 6) is -0.0956. The Morgan fingerprint density at radius 1 is 1.08 bits per heavy atom. The molecule has 122 valence electrons. The van der Waals surface area contributed by atoms with Crippen LogP contribution in [-0.4, -0.2) is 26.3 Å². The quantitative estimate of drug-likeness (QED) is 0.697. The number of aryl methyl sites for hydroxylation is 1. The van der Waals surface area contributed by atoms with E-state index in [9.17, 15) is 4.79 Å². The molecule has 0 unspecified atom stereocenters. The van der Waals surface area contributed by atoms with Crippen LogP contribution in [0.25, 0.3) is 11.4 Å². The maximum absolute atomic E-state index is 10.6. The highest BCUT2D eigenvalue weighted by Crippen LogP contribution is 2.18. The molecule has 3 aromatic rings. The van der Waals surface area contributed by atoms with Crippen LogP contribution in [0.4, 0.5) is 0 Å². The predicted octanol–water partition coefficient (Wildman–Crippen LogP) is 3.07. The lowest BCUT2D eigenvalue weighted by molar-refractivity contribution is -0.136. The summed E-state index contributed by atoms with van der Waals surface area (Å²) < 4.78 is 5.72. The normalized spacial score (nSPS) is 10.5. The zero-order chi connectivity index (χ0) is 16.8. The lowest BCUT2D eigenvalue weighted by atomic mass is 10.1. The summed E-state index contributed by atoms with van der Waals surface area (Å²) in [4.78, 5) is 14.9. The average molecular weight is 323 g/mol. The smallest absolute Gasteiger partial charge is 0.303 e. The van der Waals surface area contributed by atoms with E-state index in [1.165, 1.54) is 0 Å². The minimum Gasteiger partial charge on any atom is -0.487 e. The Labute approximate surface area is 139 Å². The average Bonchev–Trinajstić information content (AvgIpc) is 3.14. The Bertz CT molecular complexity index is 781. The Hall–Kier alpha value is -3.15.